The van der Waals surface area contributed by atoms with Crippen molar-refractivity contribution >= 4 is 42.9 Å². The van der Waals surface area contributed by atoms with Crippen molar-refractivity contribution in [2.75, 3.05) is 43.6 Å². The van der Waals surface area contributed by atoms with E-state index in [1.807, 2.05) is 0 Å². The molecule has 10 heteroatoms. The highest BCUT2D eigenvalue weighted by atomic mass is 32.1. The number of carbonyl (C=O) groups is 1. The van der Waals surface area contributed by atoms with Crippen molar-refractivity contribution in [1.29, 1.82) is 0 Å². The zero-order valence-corrected chi connectivity index (χ0v) is 18.3. The molecule has 2 aliphatic heterocycles. The fourth-order valence-corrected chi connectivity index (χ4v) is 5.59. The minimum absolute atomic E-state index is 0.0185. The molecule has 1 aromatic carbocycles. The van der Waals surface area contributed by atoms with Gasteiger partial charge in [-0.3, -0.25) is 9.80 Å². The molecule has 1 aromatic rings. The van der Waals surface area contributed by atoms with Gasteiger partial charge in [-0.05, 0) is 24.3 Å². The van der Waals surface area contributed by atoms with Gasteiger partial charge in [-0.1, -0.05) is 13.1 Å². The molecular weight excluding hydrogens is 404 g/mol. The fraction of sp³-hybridized carbons (Fsp3) is 0.556. The summed E-state index contributed by atoms with van der Waals surface area (Å²) in [6, 6.07) is 4.38. The van der Waals surface area contributed by atoms with Crippen molar-refractivity contribution in [2.45, 2.75) is 31.4 Å². The Labute approximate surface area is 170 Å². The molecule has 2 aliphatic rings. The van der Waals surface area contributed by atoms with E-state index in [-0.39, 0.29) is 23.1 Å². The molecule has 1 unspecified atom stereocenters. The van der Waals surface area contributed by atoms with E-state index in [1.54, 1.807) is 11.9 Å². The van der Waals surface area contributed by atoms with Crippen molar-refractivity contribution in [3.63, 3.8) is 0 Å². The van der Waals surface area contributed by atoms with Gasteiger partial charge in [-0.2, -0.15) is 0 Å². The zero-order valence-electron chi connectivity index (χ0n) is 16.5. The van der Waals surface area contributed by atoms with Crippen LogP contribution in [0.3, 0.4) is 0 Å². The maximum Gasteiger partial charge on any atom is 0.416 e. The number of amides is 1. The van der Waals surface area contributed by atoms with Gasteiger partial charge in [-0.15, -0.1) is 0 Å². The third kappa shape index (κ3) is 4.07. The van der Waals surface area contributed by atoms with Crippen LogP contribution >= 0.6 is 12.2 Å². The Morgan fingerprint density at radius 1 is 1.29 bits per heavy atom. The van der Waals surface area contributed by atoms with E-state index >= 15 is 0 Å². The van der Waals surface area contributed by atoms with E-state index in [0.29, 0.717) is 13.1 Å². The number of cyclic esters (lactones) is 1. The Balaban J connectivity index is 1.79. The van der Waals surface area contributed by atoms with Crippen LogP contribution in [0.1, 0.15) is 0 Å². The Bertz CT molecular complexity index is 762. The van der Waals surface area contributed by atoms with Crippen LogP contribution in [0.4, 0.5) is 25.0 Å². The quantitative estimate of drug-likeness (QED) is 0.540. The lowest BCUT2D eigenvalue weighted by Crippen LogP contribution is -2.43. The second-order valence-electron chi connectivity index (χ2n) is 7.94. The van der Waals surface area contributed by atoms with E-state index in [9.17, 15) is 13.6 Å². The van der Waals surface area contributed by atoms with Gasteiger partial charge in [-0.25, -0.2) is 13.6 Å². The first-order valence-corrected chi connectivity index (χ1v) is 13.0. The summed E-state index contributed by atoms with van der Waals surface area (Å²) in [6.45, 7) is 5.98. The molecular formula is C18H25F2N3O3SSi. The van der Waals surface area contributed by atoms with Crippen molar-refractivity contribution in [3.05, 3.63) is 23.8 Å². The number of carbonyl (C=O) groups excluding carboxylic acids is 1. The van der Waals surface area contributed by atoms with Gasteiger partial charge in [0.05, 0.1) is 27.4 Å². The van der Waals surface area contributed by atoms with Gasteiger partial charge >= 0.3 is 6.09 Å². The SMILES string of the molecule is COC(=S)N(C)C1CN(c2cc(F)c(N3CC[Si](C)(C)CC3)c(F)c2)C(=O)O1. The summed E-state index contributed by atoms with van der Waals surface area (Å²) in [4.78, 5) is 16.7. The molecule has 0 aliphatic carbocycles. The standard InChI is InChI=1S/C18H25F2N3O3SSi/c1-21(18(27)25-2)15-11-23(17(24)26-15)12-9-13(19)16(14(20)10-12)22-5-7-28(3,4)8-6-22/h9-10,15H,5-8,11H2,1-4H3. The number of ether oxygens (including phenoxy) is 2. The van der Waals surface area contributed by atoms with E-state index in [2.05, 4.69) is 13.1 Å². The summed E-state index contributed by atoms with van der Waals surface area (Å²) in [5.74, 6) is -1.35. The second-order valence-corrected chi connectivity index (χ2v) is 13.6. The lowest BCUT2D eigenvalue weighted by molar-refractivity contribution is 0.0678. The van der Waals surface area contributed by atoms with Crippen molar-refractivity contribution in [2.24, 2.45) is 0 Å². The van der Waals surface area contributed by atoms with E-state index in [4.69, 9.17) is 21.7 Å². The molecule has 2 fully saturated rings. The van der Waals surface area contributed by atoms with Gasteiger partial charge < -0.3 is 14.4 Å². The lowest BCUT2D eigenvalue weighted by Gasteiger charge is -2.37. The molecule has 0 radical (unpaired) electrons. The number of methoxy groups -OCH3 is 1. The van der Waals surface area contributed by atoms with E-state index < -0.39 is 32.0 Å². The maximum absolute atomic E-state index is 14.8. The molecule has 3 rings (SSSR count). The van der Waals surface area contributed by atoms with E-state index in [0.717, 1.165) is 12.1 Å². The summed E-state index contributed by atoms with van der Waals surface area (Å²) in [7, 11) is 1.79. The molecule has 6 nitrogen and oxygen atoms in total. The van der Waals surface area contributed by atoms with Crippen LogP contribution in [0.2, 0.25) is 25.2 Å². The number of hydrogen-bond donors (Lipinski definition) is 0. The second kappa shape index (κ2) is 7.82. The molecule has 0 saturated carbocycles. The van der Waals surface area contributed by atoms with Gasteiger partial charge in [0.25, 0.3) is 5.17 Å². The Morgan fingerprint density at radius 2 is 1.86 bits per heavy atom. The minimum atomic E-state index is -1.25. The molecule has 28 heavy (non-hydrogen) atoms. The van der Waals surface area contributed by atoms with Gasteiger partial charge in [0.1, 0.15) is 5.69 Å². The molecule has 2 saturated heterocycles. The highest BCUT2D eigenvalue weighted by molar-refractivity contribution is 7.80. The first kappa shape index (κ1) is 20.8. The van der Waals surface area contributed by atoms with Crippen LogP contribution in [0.5, 0.6) is 0 Å². The van der Waals surface area contributed by atoms with Crippen molar-refractivity contribution < 1.29 is 23.0 Å². The average molecular weight is 430 g/mol. The van der Waals surface area contributed by atoms with Crippen LogP contribution in [-0.2, 0) is 9.47 Å². The largest absolute Gasteiger partial charge is 0.474 e. The molecule has 0 bridgehead atoms. The highest BCUT2D eigenvalue weighted by Crippen LogP contribution is 2.34. The number of likely N-dealkylation sites (N-methyl/N-ethyl adjacent to an activating group) is 1. The number of anilines is 2. The lowest BCUT2D eigenvalue weighted by atomic mass is 10.2. The zero-order chi connectivity index (χ0) is 20.6. The summed E-state index contributed by atoms with van der Waals surface area (Å²) in [5, 5.41) is 0.156. The maximum atomic E-state index is 14.8. The number of benzene rings is 1. The molecule has 154 valence electrons. The molecule has 1 amide bonds. The Kier molecular flexibility index (Phi) is 5.81. The molecule has 0 N–H and O–H groups in total. The topological polar surface area (TPSA) is 45.2 Å². The predicted molar refractivity (Wildman–Crippen MR) is 111 cm³/mol. The van der Waals surface area contributed by atoms with E-state index in [1.165, 1.54) is 29.0 Å². The summed E-state index contributed by atoms with van der Waals surface area (Å²) in [6.07, 6.45) is -1.38. The molecule has 0 aromatic heterocycles. The predicted octanol–water partition coefficient (Wildman–Crippen LogP) is 3.64. The summed E-state index contributed by atoms with van der Waals surface area (Å²) in [5.41, 5.74) is 0.102. The van der Waals surface area contributed by atoms with Gasteiger partial charge in [0.2, 0.25) is 0 Å². The normalized spacial score (nSPS) is 21.5. The molecule has 2 heterocycles. The summed E-state index contributed by atoms with van der Waals surface area (Å²) < 4.78 is 39.8. The number of rotatable bonds is 3. The first-order chi connectivity index (χ1) is 13.1. The highest BCUT2D eigenvalue weighted by Gasteiger charge is 2.37. The smallest absolute Gasteiger partial charge is 0.416 e. The molecule has 1 atom stereocenters. The number of hydrogen-bond acceptors (Lipinski definition) is 5. The fourth-order valence-electron chi connectivity index (χ4n) is 3.47. The number of nitrogens with zero attached hydrogens (tertiary/aromatic N) is 3. The van der Waals surface area contributed by atoms with Crippen molar-refractivity contribution in [3.8, 4) is 0 Å². The third-order valence-electron chi connectivity index (χ3n) is 5.44. The molecule has 0 spiro atoms. The number of halogens is 2. The summed E-state index contributed by atoms with van der Waals surface area (Å²) >= 11 is 5.03. The average Bonchev–Trinajstić information content (AvgIpc) is 3.02. The Hall–Kier alpha value is -1.94. The third-order valence-corrected chi connectivity index (χ3v) is 9.05. The first-order valence-electron chi connectivity index (χ1n) is 9.16. The van der Waals surface area contributed by atoms with Crippen LogP contribution < -0.4 is 9.80 Å². The number of thiocarbonyl (C=S) groups is 1. The van der Waals surface area contributed by atoms with Crippen LogP contribution in [0, 0.1) is 11.6 Å². The van der Waals surface area contributed by atoms with Crippen LogP contribution in [-0.4, -0.2) is 64.3 Å². The van der Waals surface area contributed by atoms with Gasteiger partial charge in [0.15, 0.2) is 17.9 Å². The van der Waals surface area contributed by atoms with Crippen molar-refractivity contribution in [1.82, 2.24) is 4.90 Å². The Morgan fingerprint density at radius 3 is 2.39 bits per heavy atom. The minimum Gasteiger partial charge on any atom is -0.474 e. The van der Waals surface area contributed by atoms with Crippen LogP contribution in [0.15, 0.2) is 12.1 Å². The van der Waals surface area contributed by atoms with Gasteiger partial charge in [0, 0.05) is 32.3 Å². The monoisotopic (exact) mass is 429 g/mol. The van der Waals surface area contributed by atoms with Crippen LogP contribution in [0.25, 0.3) is 0 Å².